The van der Waals surface area contributed by atoms with Crippen molar-refractivity contribution in [2.45, 2.75) is 6.61 Å². The van der Waals surface area contributed by atoms with Crippen molar-refractivity contribution in [1.82, 2.24) is 9.97 Å². The molecule has 1 aromatic carbocycles. The average molecular weight is 261 g/mol. The molecule has 8 nitrogen and oxygen atoms in total. The molecule has 98 valence electrons. The van der Waals surface area contributed by atoms with Gasteiger partial charge in [0.25, 0.3) is 5.69 Å². The predicted octanol–water partition coefficient (Wildman–Crippen LogP) is 1.25. The second-order valence-electron chi connectivity index (χ2n) is 3.58. The van der Waals surface area contributed by atoms with E-state index in [4.69, 9.17) is 10.6 Å². The van der Waals surface area contributed by atoms with E-state index in [1.807, 2.05) is 0 Å². The molecule has 1 heterocycles. The Kier molecular flexibility index (Phi) is 3.84. The fraction of sp³-hybridized carbons (Fsp3) is 0.0909. The van der Waals surface area contributed by atoms with Gasteiger partial charge >= 0.3 is 0 Å². The Morgan fingerprint density at radius 2 is 2.00 bits per heavy atom. The summed E-state index contributed by atoms with van der Waals surface area (Å²) in [6.45, 7) is 0.218. The molecule has 0 aliphatic carbocycles. The molecular weight excluding hydrogens is 250 g/mol. The lowest BCUT2D eigenvalue weighted by Gasteiger charge is -2.05. The lowest BCUT2D eigenvalue weighted by atomic mass is 10.3. The van der Waals surface area contributed by atoms with Crippen LogP contribution in [0.3, 0.4) is 0 Å². The molecule has 2 aromatic rings. The predicted molar refractivity (Wildman–Crippen MR) is 67.3 cm³/mol. The normalized spacial score (nSPS) is 9.95. The number of nitrogens with one attached hydrogen (secondary N) is 1. The van der Waals surface area contributed by atoms with Crippen LogP contribution in [0.4, 0.5) is 11.5 Å². The molecule has 3 N–H and O–H groups in total. The number of hydrogen-bond donors (Lipinski definition) is 2. The van der Waals surface area contributed by atoms with Gasteiger partial charge in [0.05, 0.1) is 23.0 Å². The highest BCUT2D eigenvalue weighted by Crippen LogP contribution is 2.18. The van der Waals surface area contributed by atoms with Gasteiger partial charge in [-0.25, -0.2) is 10.8 Å². The maximum atomic E-state index is 10.5. The molecule has 0 aliphatic heterocycles. The van der Waals surface area contributed by atoms with Crippen LogP contribution in [0.25, 0.3) is 0 Å². The molecule has 2 rings (SSSR count). The molecule has 8 heteroatoms. The molecule has 0 unspecified atom stereocenters. The molecule has 0 amide bonds. The Balaban J connectivity index is 1.95. The van der Waals surface area contributed by atoms with E-state index >= 15 is 0 Å². The number of aromatic nitrogens is 2. The SMILES string of the molecule is NNc1cnc(COc2ccc([N+](=O)[O-])cc2)cn1. The van der Waals surface area contributed by atoms with Gasteiger partial charge in [0, 0.05) is 12.1 Å². The molecule has 0 saturated carbocycles. The standard InChI is InChI=1S/C11H11N5O3/c12-15-11-6-13-8(5-14-11)7-19-10-3-1-9(2-4-10)16(17)18/h1-6H,7,12H2,(H,14,15). The highest BCUT2D eigenvalue weighted by Gasteiger charge is 2.04. The summed E-state index contributed by atoms with van der Waals surface area (Å²) in [5.41, 5.74) is 3.01. The van der Waals surface area contributed by atoms with Crippen molar-refractivity contribution in [3.63, 3.8) is 0 Å². The Hall–Kier alpha value is -2.74. The smallest absolute Gasteiger partial charge is 0.269 e. The van der Waals surface area contributed by atoms with E-state index in [2.05, 4.69) is 15.4 Å². The van der Waals surface area contributed by atoms with E-state index in [1.54, 1.807) is 0 Å². The van der Waals surface area contributed by atoms with E-state index in [0.717, 1.165) is 0 Å². The van der Waals surface area contributed by atoms with E-state index in [9.17, 15) is 10.1 Å². The number of nitrogen functional groups attached to an aromatic ring is 1. The maximum Gasteiger partial charge on any atom is 0.269 e. The molecule has 0 saturated heterocycles. The number of hydrazine groups is 1. The van der Waals surface area contributed by atoms with Crippen molar-refractivity contribution in [2.75, 3.05) is 5.43 Å². The summed E-state index contributed by atoms with van der Waals surface area (Å²) < 4.78 is 5.42. The first kappa shape index (κ1) is 12.7. The number of non-ortho nitro benzene ring substituents is 1. The third-order valence-corrected chi connectivity index (χ3v) is 2.29. The van der Waals surface area contributed by atoms with Crippen LogP contribution in [0.5, 0.6) is 5.75 Å². The summed E-state index contributed by atoms with van der Waals surface area (Å²) in [7, 11) is 0. The lowest BCUT2D eigenvalue weighted by molar-refractivity contribution is -0.384. The highest BCUT2D eigenvalue weighted by molar-refractivity contribution is 5.36. The van der Waals surface area contributed by atoms with Gasteiger partial charge in [0.2, 0.25) is 0 Å². The minimum Gasteiger partial charge on any atom is -0.487 e. The quantitative estimate of drug-likeness (QED) is 0.472. The van der Waals surface area contributed by atoms with Crippen LogP contribution in [0, 0.1) is 10.1 Å². The van der Waals surface area contributed by atoms with Crippen LogP contribution in [0.2, 0.25) is 0 Å². The first-order chi connectivity index (χ1) is 9.19. The highest BCUT2D eigenvalue weighted by atomic mass is 16.6. The molecule has 0 aliphatic rings. The van der Waals surface area contributed by atoms with Crippen molar-refractivity contribution in [3.05, 3.63) is 52.5 Å². The molecule has 1 aromatic heterocycles. The minimum absolute atomic E-state index is 0.0190. The molecular formula is C11H11N5O3. The van der Waals surface area contributed by atoms with Gasteiger partial charge in [-0.2, -0.15) is 0 Å². The van der Waals surface area contributed by atoms with Crippen molar-refractivity contribution in [3.8, 4) is 5.75 Å². The minimum atomic E-state index is -0.464. The van der Waals surface area contributed by atoms with Crippen LogP contribution >= 0.6 is 0 Å². The van der Waals surface area contributed by atoms with E-state index in [-0.39, 0.29) is 12.3 Å². The number of nitrogens with zero attached hydrogens (tertiary/aromatic N) is 3. The van der Waals surface area contributed by atoms with Gasteiger partial charge in [-0.05, 0) is 12.1 Å². The number of benzene rings is 1. The lowest BCUT2D eigenvalue weighted by Crippen LogP contribution is -2.09. The molecule has 0 bridgehead atoms. The van der Waals surface area contributed by atoms with Crippen molar-refractivity contribution >= 4 is 11.5 Å². The number of ether oxygens (including phenoxy) is 1. The Bertz CT molecular complexity index is 556. The van der Waals surface area contributed by atoms with Gasteiger partial charge in [-0.3, -0.25) is 15.1 Å². The largest absolute Gasteiger partial charge is 0.487 e. The van der Waals surface area contributed by atoms with Gasteiger partial charge in [-0.1, -0.05) is 0 Å². The zero-order chi connectivity index (χ0) is 13.7. The van der Waals surface area contributed by atoms with E-state index in [1.165, 1.54) is 36.7 Å². The van der Waals surface area contributed by atoms with Crippen LogP contribution in [-0.2, 0) is 6.61 Å². The zero-order valence-corrected chi connectivity index (χ0v) is 9.81. The fourth-order valence-electron chi connectivity index (χ4n) is 1.33. The van der Waals surface area contributed by atoms with Crippen LogP contribution in [0.1, 0.15) is 5.69 Å². The van der Waals surface area contributed by atoms with E-state index < -0.39 is 4.92 Å². The molecule has 0 atom stereocenters. The van der Waals surface area contributed by atoms with E-state index in [0.29, 0.717) is 17.3 Å². The zero-order valence-electron chi connectivity index (χ0n) is 9.81. The topological polar surface area (TPSA) is 116 Å². The van der Waals surface area contributed by atoms with Crippen LogP contribution in [0.15, 0.2) is 36.7 Å². The summed E-state index contributed by atoms with van der Waals surface area (Å²) >= 11 is 0. The number of rotatable bonds is 5. The average Bonchev–Trinajstić information content (AvgIpc) is 2.46. The van der Waals surface area contributed by atoms with Gasteiger partial charge in [0.15, 0.2) is 5.82 Å². The molecule has 0 fully saturated rings. The summed E-state index contributed by atoms with van der Waals surface area (Å²) in [6.07, 6.45) is 3.01. The van der Waals surface area contributed by atoms with Crippen molar-refractivity contribution in [2.24, 2.45) is 5.84 Å². The number of hydrogen-bond acceptors (Lipinski definition) is 7. The Morgan fingerprint density at radius 1 is 1.26 bits per heavy atom. The van der Waals surface area contributed by atoms with Gasteiger partial charge in [-0.15, -0.1) is 0 Å². The maximum absolute atomic E-state index is 10.5. The number of nitrogens with two attached hydrogens (primary N) is 1. The molecule has 0 radical (unpaired) electrons. The monoisotopic (exact) mass is 261 g/mol. The van der Waals surface area contributed by atoms with Gasteiger partial charge < -0.3 is 10.2 Å². The fourth-order valence-corrected chi connectivity index (χ4v) is 1.33. The Morgan fingerprint density at radius 3 is 2.53 bits per heavy atom. The molecule has 0 spiro atoms. The van der Waals surface area contributed by atoms with Crippen LogP contribution in [-0.4, -0.2) is 14.9 Å². The second kappa shape index (κ2) is 5.74. The second-order valence-corrected chi connectivity index (χ2v) is 3.58. The summed E-state index contributed by atoms with van der Waals surface area (Å²) in [6, 6.07) is 5.81. The summed E-state index contributed by atoms with van der Waals surface area (Å²) in [5.74, 6) is 6.14. The first-order valence-corrected chi connectivity index (χ1v) is 5.34. The number of nitro benzene ring substituents is 1. The summed E-state index contributed by atoms with van der Waals surface area (Å²) in [4.78, 5) is 18.1. The summed E-state index contributed by atoms with van der Waals surface area (Å²) in [5, 5.41) is 10.5. The number of anilines is 1. The van der Waals surface area contributed by atoms with Crippen LogP contribution < -0.4 is 16.0 Å². The molecule has 19 heavy (non-hydrogen) atoms. The van der Waals surface area contributed by atoms with Crippen molar-refractivity contribution < 1.29 is 9.66 Å². The third kappa shape index (κ3) is 3.36. The Labute approximate surface area is 108 Å². The first-order valence-electron chi connectivity index (χ1n) is 5.34. The third-order valence-electron chi connectivity index (χ3n) is 2.29. The van der Waals surface area contributed by atoms with Gasteiger partial charge in [0.1, 0.15) is 12.4 Å². The van der Waals surface area contributed by atoms with Crippen molar-refractivity contribution in [1.29, 1.82) is 0 Å². The number of nitro groups is 1.